The lowest BCUT2D eigenvalue weighted by molar-refractivity contribution is 0.416. The molecule has 0 radical (unpaired) electrons. The number of anilines is 1. The Morgan fingerprint density at radius 3 is 2.71 bits per heavy atom. The van der Waals surface area contributed by atoms with Gasteiger partial charge in [-0.05, 0) is 50.7 Å². The van der Waals surface area contributed by atoms with Crippen molar-refractivity contribution in [2.24, 2.45) is 5.73 Å². The average Bonchev–Trinajstić information content (AvgIpc) is 2.95. The van der Waals surface area contributed by atoms with Crippen LogP contribution in [0.25, 0.3) is 0 Å². The number of nitrogens with two attached hydrogens (primary N) is 1. The van der Waals surface area contributed by atoms with Crippen molar-refractivity contribution < 1.29 is 0 Å². The summed E-state index contributed by atoms with van der Waals surface area (Å²) in [4.78, 5) is 7.32. The van der Waals surface area contributed by atoms with Crippen molar-refractivity contribution in [3.63, 3.8) is 0 Å². The molecule has 0 bridgehead atoms. The van der Waals surface area contributed by atoms with Crippen molar-refractivity contribution in [3.05, 3.63) is 22.9 Å². The second kappa shape index (κ2) is 6.04. The summed E-state index contributed by atoms with van der Waals surface area (Å²) < 4.78 is 0. The maximum atomic E-state index is 7.93. The van der Waals surface area contributed by atoms with Crippen LogP contribution >= 0.6 is 0 Å². The molecule has 1 aromatic rings. The molecule has 0 saturated heterocycles. The molecule has 0 atom stereocenters. The van der Waals surface area contributed by atoms with Gasteiger partial charge in [0.05, 0.1) is 5.56 Å². The van der Waals surface area contributed by atoms with Gasteiger partial charge in [-0.2, -0.15) is 0 Å². The van der Waals surface area contributed by atoms with E-state index < -0.39 is 0 Å². The fraction of sp³-hybridized carbons (Fsp3) is 0.647. The lowest BCUT2D eigenvalue weighted by atomic mass is 9.93. The highest BCUT2D eigenvalue weighted by Crippen LogP contribution is 2.31. The number of rotatable bonds is 4. The van der Waals surface area contributed by atoms with Crippen molar-refractivity contribution in [1.29, 1.82) is 5.41 Å². The minimum atomic E-state index is 0.154. The van der Waals surface area contributed by atoms with E-state index in [1.54, 1.807) is 0 Å². The van der Waals surface area contributed by atoms with Gasteiger partial charge in [0.2, 0.25) is 0 Å². The maximum absolute atomic E-state index is 7.93. The van der Waals surface area contributed by atoms with E-state index in [1.807, 2.05) is 0 Å². The van der Waals surface area contributed by atoms with Crippen molar-refractivity contribution in [2.45, 2.75) is 64.3 Å². The zero-order valence-electron chi connectivity index (χ0n) is 13.0. The number of fused-ring (bicyclic) bond motifs is 1. The van der Waals surface area contributed by atoms with Gasteiger partial charge in [-0.3, -0.25) is 5.41 Å². The summed E-state index contributed by atoms with van der Waals surface area (Å²) in [5.74, 6) is 1.11. The van der Waals surface area contributed by atoms with Crippen LogP contribution in [0, 0.1) is 5.41 Å². The van der Waals surface area contributed by atoms with E-state index in [0.717, 1.165) is 30.8 Å². The highest BCUT2D eigenvalue weighted by atomic mass is 15.2. The maximum Gasteiger partial charge on any atom is 0.140 e. The Morgan fingerprint density at radius 1 is 1.29 bits per heavy atom. The molecule has 4 heteroatoms. The number of hydrogen-bond donors (Lipinski definition) is 2. The predicted molar refractivity (Wildman–Crippen MR) is 87.2 cm³/mol. The number of aryl methyl sites for hydroxylation is 2. The summed E-state index contributed by atoms with van der Waals surface area (Å²) in [6.07, 6.45) is 9.78. The topological polar surface area (TPSA) is 66.0 Å². The van der Waals surface area contributed by atoms with Gasteiger partial charge in [-0.15, -0.1) is 0 Å². The standard InChI is InChI=1S/C17H26N4/c1-2-21(13-8-4-3-5-9-13)17-14(16(18)19)11-12-7-6-10-15(12)20-17/h11,13H,2-10H2,1H3,(H3,18,19). The fourth-order valence-electron chi connectivity index (χ4n) is 3.85. The SMILES string of the molecule is CCN(c1nc2c(cc1C(=N)N)CCC2)C1CCCCC1. The van der Waals surface area contributed by atoms with Crippen molar-refractivity contribution >= 4 is 11.7 Å². The molecule has 1 fully saturated rings. The van der Waals surface area contributed by atoms with Gasteiger partial charge in [-0.25, -0.2) is 4.98 Å². The van der Waals surface area contributed by atoms with Crippen LogP contribution in [-0.2, 0) is 12.8 Å². The zero-order chi connectivity index (χ0) is 14.8. The van der Waals surface area contributed by atoms with Crippen LogP contribution in [-0.4, -0.2) is 23.4 Å². The summed E-state index contributed by atoms with van der Waals surface area (Å²) in [6, 6.07) is 2.69. The molecule has 0 aromatic carbocycles. The summed E-state index contributed by atoms with van der Waals surface area (Å²) in [5.41, 5.74) is 9.20. The Bertz CT molecular complexity index is 532. The van der Waals surface area contributed by atoms with Crippen molar-refractivity contribution in [3.8, 4) is 0 Å². The molecule has 2 aliphatic rings. The Balaban J connectivity index is 1.99. The van der Waals surface area contributed by atoms with E-state index >= 15 is 0 Å². The molecule has 1 heterocycles. The third kappa shape index (κ3) is 2.76. The van der Waals surface area contributed by atoms with E-state index in [4.69, 9.17) is 16.1 Å². The van der Waals surface area contributed by atoms with Gasteiger partial charge in [0.15, 0.2) is 0 Å². The third-order valence-corrected chi connectivity index (χ3v) is 4.95. The lowest BCUT2D eigenvalue weighted by Crippen LogP contribution is -2.39. The monoisotopic (exact) mass is 286 g/mol. The second-order valence-corrected chi connectivity index (χ2v) is 6.31. The van der Waals surface area contributed by atoms with E-state index in [-0.39, 0.29) is 5.84 Å². The average molecular weight is 286 g/mol. The number of hydrogen-bond acceptors (Lipinski definition) is 3. The molecule has 3 rings (SSSR count). The minimum Gasteiger partial charge on any atom is -0.384 e. The first kappa shape index (κ1) is 14.4. The fourth-order valence-corrected chi connectivity index (χ4v) is 3.85. The van der Waals surface area contributed by atoms with E-state index in [1.165, 1.54) is 49.8 Å². The van der Waals surface area contributed by atoms with Gasteiger partial charge in [0, 0.05) is 18.3 Å². The summed E-state index contributed by atoms with van der Waals surface area (Å²) in [7, 11) is 0. The quantitative estimate of drug-likeness (QED) is 0.660. The predicted octanol–water partition coefficient (Wildman–Crippen LogP) is 3.01. The van der Waals surface area contributed by atoms with Crippen molar-refractivity contribution in [1.82, 2.24) is 4.98 Å². The van der Waals surface area contributed by atoms with E-state index in [2.05, 4.69) is 17.9 Å². The zero-order valence-corrected chi connectivity index (χ0v) is 13.0. The molecule has 3 N–H and O–H groups in total. The molecule has 1 aromatic heterocycles. The summed E-state index contributed by atoms with van der Waals surface area (Å²) >= 11 is 0. The molecule has 0 aliphatic heterocycles. The molecular weight excluding hydrogens is 260 g/mol. The number of pyridine rings is 1. The first-order valence-electron chi connectivity index (χ1n) is 8.34. The summed E-state index contributed by atoms with van der Waals surface area (Å²) in [6.45, 7) is 3.13. The van der Waals surface area contributed by atoms with Crippen molar-refractivity contribution in [2.75, 3.05) is 11.4 Å². The van der Waals surface area contributed by atoms with E-state index in [9.17, 15) is 0 Å². The van der Waals surface area contributed by atoms with Crippen LogP contribution < -0.4 is 10.6 Å². The van der Waals surface area contributed by atoms with Crippen LogP contribution in [0.5, 0.6) is 0 Å². The van der Waals surface area contributed by atoms with Gasteiger partial charge >= 0.3 is 0 Å². The first-order chi connectivity index (χ1) is 10.2. The molecule has 4 nitrogen and oxygen atoms in total. The van der Waals surface area contributed by atoms with Gasteiger partial charge in [0.1, 0.15) is 11.7 Å². The molecule has 2 aliphatic carbocycles. The smallest absolute Gasteiger partial charge is 0.140 e. The second-order valence-electron chi connectivity index (χ2n) is 6.31. The van der Waals surface area contributed by atoms with Crippen LogP contribution in [0.2, 0.25) is 0 Å². The van der Waals surface area contributed by atoms with Gasteiger partial charge in [0.25, 0.3) is 0 Å². The normalized spacial score (nSPS) is 18.5. The molecule has 0 amide bonds. The van der Waals surface area contributed by atoms with Gasteiger partial charge in [-0.1, -0.05) is 19.3 Å². The van der Waals surface area contributed by atoms with Gasteiger partial charge < -0.3 is 10.6 Å². The highest BCUT2D eigenvalue weighted by Gasteiger charge is 2.26. The number of nitrogens with one attached hydrogen (secondary N) is 1. The number of nitrogen functional groups attached to an aromatic ring is 1. The largest absolute Gasteiger partial charge is 0.384 e. The number of amidine groups is 1. The lowest BCUT2D eigenvalue weighted by Gasteiger charge is -2.35. The number of aromatic nitrogens is 1. The molecule has 0 spiro atoms. The van der Waals surface area contributed by atoms with Crippen LogP contribution in [0.4, 0.5) is 5.82 Å². The van der Waals surface area contributed by atoms with Crippen LogP contribution in [0.1, 0.15) is 62.3 Å². The molecular formula is C17H26N4. The Labute approximate surface area is 127 Å². The molecule has 21 heavy (non-hydrogen) atoms. The first-order valence-corrected chi connectivity index (χ1v) is 8.34. The minimum absolute atomic E-state index is 0.154. The third-order valence-electron chi connectivity index (χ3n) is 4.95. The highest BCUT2D eigenvalue weighted by molar-refractivity contribution is 6.00. The van der Waals surface area contributed by atoms with E-state index in [0.29, 0.717) is 6.04 Å². The molecule has 0 unspecified atom stereocenters. The number of nitrogens with zero attached hydrogens (tertiary/aromatic N) is 2. The van der Waals surface area contributed by atoms with Crippen LogP contribution in [0.3, 0.4) is 0 Å². The molecule has 114 valence electrons. The Morgan fingerprint density at radius 2 is 2.05 bits per heavy atom. The molecule has 1 saturated carbocycles. The van der Waals surface area contributed by atoms with Crippen LogP contribution in [0.15, 0.2) is 6.07 Å². The summed E-state index contributed by atoms with van der Waals surface area (Å²) in [5, 5.41) is 7.93. The Hall–Kier alpha value is -1.58. The Kier molecular flexibility index (Phi) is 4.13.